The topological polar surface area (TPSA) is 255 Å². The summed E-state index contributed by atoms with van der Waals surface area (Å²) in [5, 5.41) is 97.4. The molecule has 5 aliphatic carbocycles. The number of rotatable bonds is 8. The van der Waals surface area contributed by atoms with Gasteiger partial charge in [0.1, 0.15) is 54.9 Å². The third kappa shape index (κ3) is 7.19. The Hall–Kier alpha value is -1.35. The highest BCUT2D eigenvalue weighted by Crippen LogP contribution is 2.76. The average Bonchev–Trinajstić information content (AvgIpc) is 3.21. The lowest BCUT2D eigenvalue weighted by Crippen LogP contribution is -2.67. The van der Waals surface area contributed by atoms with Crippen molar-refractivity contribution in [2.45, 2.75) is 199 Å². The summed E-state index contributed by atoms with van der Waals surface area (Å²) in [4.78, 5) is 13.1. The molecular formula is C46H74O16. The maximum Gasteiger partial charge on any atom is 0.310 e. The number of hydrogen-bond donors (Lipinski definition) is 9. The molecule has 3 aliphatic heterocycles. The van der Waals surface area contributed by atoms with Gasteiger partial charge in [-0.2, -0.15) is 0 Å². The number of carbonyl (C=O) groups is 1. The van der Waals surface area contributed by atoms with Gasteiger partial charge in [-0.3, -0.25) is 4.79 Å². The summed E-state index contributed by atoms with van der Waals surface area (Å²) in [5.41, 5.74) is -0.519. The maximum absolute atomic E-state index is 13.1. The van der Waals surface area contributed by atoms with Crippen LogP contribution in [0.25, 0.3) is 0 Å². The van der Waals surface area contributed by atoms with Crippen molar-refractivity contribution in [3.8, 4) is 0 Å². The molecule has 9 N–H and O–H groups in total. The number of ether oxygens (including phenoxy) is 6. The second kappa shape index (κ2) is 16.5. The Labute approximate surface area is 364 Å². The number of carboxylic acids is 1. The Morgan fingerprint density at radius 3 is 2.03 bits per heavy atom. The third-order valence-corrected chi connectivity index (χ3v) is 18.7. The molecular weight excluding hydrogens is 808 g/mol. The summed E-state index contributed by atoms with van der Waals surface area (Å²) in [6.07, 6.45) is -9.19. The van der Waals surface area contributed by atoms with Crippen LogP contribution in [0.1, 0.15) is 113 Å². The fourth-order valence-electron chi connectivity index (χ4n) is 14.5. The van der Waals surface area contributed by atoms with Crippen molar-refractivity contribution >= 4 is 5.97 Å². The molecule has 0 radical (unpaired) electrons. The zero-order chi connectivity index (χ0) is 45.1. The van der Waals surface area contributed by atoms with E-state index in [-0.39, 0.29) is 59.2 Å². The van der Waals surface area contributed by atoms with Gasteiger partial charge in [-0.1, -0.05) is 53.2 Å². The molecule has 4 saturated carbocycles. The van der Waals surface area contributed by atoms with E-state index in [0.29, 0.717) is 19.3 Å². The summed E-state index contributed by atoms with van der Waals surface area (Å²) in [6, 6.07) is 0. The summed E-state index contributed by atoms with van der Waals surface area (Å²) in [7, 11) is 0. The van der Waals surface area contributed by atoms with Crippen molar-refractivity contribution in [1.29, 1.82) is 0 Å². The minimum Gasteiger partial charge on any atom is -0.481 e. The van der Waals surface area contributed by atoms with Gasteiger partial charge in [-0.05, 0) is 111 Å². The highest BCUT2D eigenvalue weighted by atomic mass is 16.8. The van der Waals surface area contributed by atoms with E-state index in [9.17, 15) is 50.8 Å². The van der Waals surface area contributed by atoms with E-state index in [0.717, 1.165) is 44.9 Å². The van der Waals surface area contributed by atoms with Gasteiger partial charge in [0.25, 0.3) is 0 Å². The molecule has 354 valence electrons. The minimum atomic E-state index is -1.73. The molecule has 0 spiro atoms. The van der Waals surface area contributed by atoms with Gasteiger partial charge in [0.15, 0.2) is 18.9 Å². The number of aliphatic hydroxyl groups is 8. The van der Waals surface area contributed by atoms with Gasteiger partial charge in [-0.15, -0.1) is 0 Å². The lowest BCUT2D eigenvalue weighted by atomic mass is 9.33. The molecule has 7 fully saturated rings. The number of aliphatic carboxylic acids is 1. The molecule has 0 aromatic carbocycles. The molecule has 22 atom stereocenters. The van der Waals surface area contributed by atoms with Gasteiger partial charge in [0.05, 0.1) is 37.4 Å². The van der Waals surface area contributed by atoms with Gasteiger partial charge in [-0.25, -0.2) is 0 Å². The zero-order valence-electron chi connectivity index (χ0n) is 37.5. The molecule has 3 saturated heterocycles. The fourth-order valence-corrected chi connectivity index (χ4v) is 14.5. The van der Waals surface area contributed by atoms with E-state index in [1.54, 1.807) is 0 Å². The van der Waals surface area contributed by atoms with Crippen molar-refractivity contribution in [2.75, 3.05) is 19.8 Å². The van der Waals surface area contributed by atoms with Crippen molar-refractivity contribution in [3.05, 3.63) is 11.6 Å². The first-order valence-corrected chi connectivity index (χ1v) is 23.1. The van der Waals surface area contributed by atoms with Crippen LogP contribution in [0.15, 0.2) is 11.6 Å². The van der Waals surface area contributed by atoms with E-state index >= 15 is 0 Å². The van der Waals surface area contributed by atoms with E-state index in [4.69, 9.17) is 28.4 Å². The van der Waals surface area contributed by atoms with Crippen LogP contribution >= 0.6 is 0 Å². The molecule has 8 aliphatic rings. The highest BCUT2D eigenvalue weighted by Gasteiger charge is 2.70. The van der Waals surface area contributed by atoms with Crippen LogP contribution in [-0.4, -0.2) is 158 Å². The van der Waals surface area contributed by atoms with E-state index < -0.39 is 103 Å². The standard InChI is InChI=1S/C46H74O16/c1-22-30(50)35(61-37-33(53)31(51)25(48)19-57-37)34(54)38(59-22)62-36-32(52)26(49)20-58-39(36)60-29-11-12-42(4)27(43(29,5)21-47)10-13-45(7)28(42)9-8-23-24-18-41(2,3)14-16-46(24,40(55)56)17-15-44(23,45)6/h8,22,24-39,47-54H,9-21H2,1-7H3,(H,55,56)/t22-,24?,25-,26-,27?,28?,29-,30-,31-,32-,33+,34+,35+,36+,37-,38-,39+,42-,43-,44+,45+,46-/m0/s1. The molecule has 0 aromatic rings. The molecule has 0 bridgehead atoms. The van der Waals surface area contributed by atoms with Crippen molar-refractivity contribution < 1.29 is 79.2 Å². The van der Waals surface area contributed by atoms with Crippen molar-refractivity contribution in [1.82, 2.24) is 0 Å². The van der Waals surface area contributed by atoms with Gasteiger partial charge < -0.3 is 74.4 Å². The van der Waals surface area contributed by atoms with E-state index in [1.165, 1.54) is 12.5 Å². The lowest BCUT2D eigenvalue weighted by molar-refractivity contribution is -0.379. The van der Waals surface area contributed by atoms with Crippen LogP contribution < -0.4 is 0 Å². The Bertz CT molecular complexity index is 1690. The van der Waals surface area contributed by atoms with E-state index in [2.05, 4.69) is 47.6 Å². The summed E-state index contributed by atoms with van der Waals surface area (Å²) in [6.45, 7) is 14.5. The maximum atomic E-state index is 13.1. The molecule has 0 aromatic heterocycles. The normalized spacial score (nSPS) is 55.1. The molecule has 3 heterocycles. The first kappa shape index (κ1) is 47.2. The smallest absolute Gasteiger partial charge is 0.310 e. The van der Waals surface area contributed by atoms with Gasteiger partial charge >= 0.3 is 5.97 Å². The second-order valence-electron chi connectivity index (χ2n) is 22.4. The number of allylic oxidation sites excluding steroid dienone is 2. The Morgan fingerprint density at radius 2 is 1.35 bits per heavy atom. The van der Waals surface area contributed by atoms with Crippen molar-refractivity contribution in [3.63, 3.8) is 0 Å². The van der Waals surface area contributed by atoms with Crippen molar-refractivity contribution in [2.24, 2.45) is 50.2 Å². The molecule has 62 heavy (non-hydrogen) atoms. The lowest BCUT2D eigenvalue weighted by Gasteiger charge is -2.71. The monoisotopic (exact) mass is 882 g/mol. The van der Waals surface area contributed by atoms with Crippen LogP contribution in [0, 0.1) is 50.2 Å². The summed E-state index contributed by atoms with van der Waals surface area (Å²) < 4.78 is 36.0. The average molecular weight is 883 g/mol. The van der Waals surface area contributed by atoms with Crippen LogP contribution in [-0.2, 0) is 33.2 Å². The van der Waals surface area contributed by atoms with Crippen LogP contribution in [0.4, 0.5) is 0 Å². The van der Waals surface area contributed by atoms with Crippen LogP contribution in [0.2, 0.25) is 0 Å². The second-order valence-corrected chi connectivity index (χ2v) is 22.4. The molecule has 8 rings (SSSR count). The number of hydrogen-bond acceptors (Lipinski definition) is 15. The SMILES string of the molecule is C[C@@H]1O[C@@H](O[C@H]2[C@@H](O[C@H]3CC[C@@]4(C)C(CC[C@]5(C)C4CC=C4C6CC(C)(C)CC[C@]6(C(=O)O)CC[C@]45C)[C@]3(C)CO)OC[C@H](O)[C@@H]2O)[C@H](O)[C@H](O[C@@H]2OC[C@H](O)[C@H](O)[C@H]2O)[C@H]1O. The third-order valence-electron chi connectivity index (χ3n) is 18.7. The quantitative estimate of drug-likeness (QED) is 0.125. The van der Waals surface area contributed by atoms with Gasteiger partial charge in [0.2, 0.25) is 0 Å². The zero-order valence-corrected chi connectivity index (χ0v) is 37.5. The Morgan fingerprint density at radius 1 is 0.710 bits per heavy atom. The predicted octanol–water partition coefficient (Wildman–Crippen LogP) is 1.98. The molecule has 0 amide bonds. The first-order valence-electron chi connectivity index (χ1n) is 23.1. The number of carboxylic acid groups (broad SMARTS) is 1. The summed E-state index contributed by atoms with van der Waals surface area (Å²) >= 11 is 0. The molecule has 3 unspecified atom stereocenters. The fraction of sp³-hybridized carbons (Fsp3) is 0.935. The minimum absolute atomic E-state index is 0.00631. The molecule has 16 heteroatoms. The summed E-state index contributed by atoms with van der Waals surface area (Å²) in [5.74, 6) is -0.342. The van der Waals surface area contributed by atoms with E-state index in [1.807, 2.05) is 0 Å². The molecule has 16 nitrogen and oxygen atoms in total. The van der Waals surface area contributed by atoms with Crippen LogP contribution in [0.3, 0.4) is 0 Å². The Balaban J connectivity index is 1.02. The Kier molecular flexibility index (Phi) is 12.5. The predicted molar refractivity (Wildman–Crippen MR) is 219 cm³/mol. The van der Waals surface area contributed by atoms with Crippen LogP contribution in [0.5, 0.6) is 0 Å². The largest absolute Gasteiger partial charge is 0.481 e. The number of aliphatic hydroxyl groups excluding tert-OH is 8. The highest BCUT2D eigenvalue weighted by molar-refractivity contribution is 5.76. The first-order chi connectivity index (χ1) is 29.0. The van der Waals surface area contributed by atoms with Gasteiger partial charge in [0, 0.05) is 5.41 Å². The number of fused-ring (bicyclic) bond motifs is 7.